The van der Waals surface area contributed by atoms with E-state index in [1.54, 1.807) is 11.8 Å². The van der Waals surface area contributed by atoms with Crippen LogP contribution in [0.4, 0.5) is 0 Å². The first-order chi connectivity index (χ1) is 12.8. The Labute approximate surface area is 160 Å². The molecule has 1 heterocycles. The second kappa shape index (κ2) is 10.5. The Morgan fingerprint density at radius 2 is 1.69 bits per heavy atom. The third-order valence-corrected chi connectivity index (χ3v) is 4.99. The van der Waals surface area contributed by atoms with Crippen molar-refractivity contribution in [3.8, 4) is 0 Å². The topological polar surface area (TPSA) is 20.3 Å². The Morgan fingerprint density at radius 3 is 2.35 bits per heavy atom. The zero-order valence-electron chi connectivity index (χ0n) is 15.2. The molecule has 0 N–H and O–H groups in total. The molecule has 1 amide bonds. The number of carbonyl (C=O) groups excluding carboxylic acids is 1. The molecule has 2 aromatic rings. The minimum atomic E-state index is 0.163. The predicted octanol–water partition coefficient (Wildman–Crippen LogP) is 5.87. The van der Waals surface area contributed by atoms with Crippen molar-refractivity contribution in [1.82, 2.24) is 4.90 Å². The standard InChI is InChI=1S/C21H21NOS.C2H4/c1-2-3-7-18-14-15-22(21(18)23)16-17-10-12-20(13-11-17)24-19-8-5-4-6-9-19;1-2/h2-13H,14-16H2,1H3;1-2H2/b3-2-,18-7+;. The van der Waals surface area contributed by atoms with Crippen molar-refractivity contribution in [3.63, 3.8) is 0 Å². The summed E-state index contributed by atoms with van der Waals surface area (Å²) < 4.78 is 0. The molecule has 0 saturated carbocycles. The normalized spacial score (nSPS) is 15.3. The Balaban J connectivity index is 0.00000117. The monoisotopic (exact) mass is 363 g/mol. The van der Waals surface area contributed by atoms with Gasteiger partial charge in [0.1, 0.15) is 0 Å². The van der Waals surface area contributed by atoms with Crippen LogP contribution in [-0.4, -0.2) is 17.4 Å². The molecule has 0 atom stereocenters. The molecule has 0 bridgehead atoms. The largest absolute Gasteiger partial charge is 0.334 e. The lowest BCUT2D eigenvalue weighted by Gasteiger charge is -2.15. The van der Waals surface area contributed by atoms with Crippen LogP contribution in [-0.2, 0) is 11.3 Å². The van der Waals surface area contributed by atoms with Crippen molar-refractivity contribution in [2.24, 2.45) is 0 Å². The molecule has 134 valence electrons. The number of amides is 1. The number of hydrogen-bond acceptors (Lipinski definition) is 2. The first-order valence-corrected chi connectivity index (χ1v) is 9.51. The van der Waals surface area contributed by atoms with E-state index >= 15 is 0 Å². The zero-order chi connectivity index (χ0) is 18.8. The molecule has 1 aliphatic heterocycles. The Bertz CT molecular complexity index is 763. The van der Waals surface area contributed by atoms with Crippen molar-refractivity contribution >= 4 is 17.7 Å². The molecule has 0 aromatic heterocycles. The number of nitrogens with zero attached hydrogens (tertiary/aromatic N) is 1. The van der Waals surface area contributed by atoms with Crippen molar-refractivity contribution in [2.45, 2.75) is 29.7 Å². The first-order valence-electron chi connectivity index (χ1n) is 8.69. The third-order valence-electron chi connectivity index (χ3n) is 3.98. The van der Waals surface area contributed by atoms with E-state index in [4.69, 9.17) is 0 Å². The minimum absolute atomic E-state index is 0.163. The van der Waals surface area contributed by atoms with Gasteiger partial charge in [0.25, 0.3) is 0 Å². The summed E-state index contributed by atoms with van der Waals surface area (Å²) in [5.41, 5.74) is 2.08. The van der Waals surface area contributed by atoms with Crippen molar-refractivity contribution in [1.29, 1.82) is 0 Å². The lowest BCUT2D eigenvalue weighted by atomic mass is 10.2. The molecule has 0 unspecified atom stereocenters. The van der Waals surface area contributed by atoms with Crippen LogP contribution >= 0.6 is 11.8 Å². The van der Waals surface area contributed by atoms with Gasteiger partial charge >= 0.3 is 0 Å². The van der Waals surface area contributed by atoms with E-state index in [-0.39, 0.29) is 5.91 Å². The zero-order valence-corrected chi connectivity index (χ0v) is 16.0. The van der Waals surface area contributed by atoms with Gasteiger partial charge in [-0.05, 0) is 43.2 Å². The van der Waals surface area contributed by atoms with E-state index in [1.165, 1.54) is 15.4 Å². The van der Waals surface area contributed by atoms with Crippen LogP contribution < -0.4 is 0 Å². The van der Waals surface area contributed by atoms with Gasteiger partial charge in [-0.3, -0.25) is 4.79 Å². The Hall–Kier alpha value is -2.52. The molecular formula is C23H25NOS. The summed E-state index contributed by atoms with van der Waals surface area (Å²) in [4.78, 5) is 16.7. The molecular weight excluding hydrogens is 338 g/mol. The van der Waals surface area contributed by atoms with E-state index in [2.05, 4.69) is 61.7 Å². The van der Waals surface area contributed by atoms with E-state index in [1.807, 2.05) is 36.1 Å². The fraction of sp³-hybridized carbons (Fsp3) is 0.174. The van der Waals surface area contributed by atoms with Crippen LogP contribution in [0.5, 0.6) is 0 Å². The van der Waals surface area contributed by atoms with Gasteiger partial charge in [-0.1, -0.05) is 60.3 Å². The molecule has 3 heteroatoms. The second-order valence-corrected chi connectivity index (χ2v) is 6.90. The number of allylic oxidation sites excluding steroid dienone is 3. The van der Waals surface area contributed by atoms with Crippen LogP contribution in [0.25, 0.3) is 0 Å². The van der Waals surface area contributed by atoms with Gasteiger partial charge in [-0.2, -0.15) is 0 Å². The number of likely N-dealkylation sites (tertiary alicyclic amines) is 1. The summed E-state index contributed by atoms with van der Waals surface area (Å²) in [5.74, 6) is 0.163. The van der Waals surface area contributed by atoms with Crippen molar-refractivity contribution in [2.75, 3.05) is 6.54 Å². The summed E-state index contributed by atoms with van der Waals surface area (Å²) in [7, 11) is 0. The van der Waals surface area contributed by atoms with E-state index < -0.39 is 0 Å². The van der Waals surface area contributed by atoms with Crippen LogP contribution in [0.2, 0.25) is 0 Å². The highest BCUT2D eigenvalue weighted by molar-refractivity contribution is 7.99. The summed E-state index contributed by atoms with van der Waals surface area (Å²) in [6.45, 7) is 9.45. The SMILES string of the molecule is C/C=C\C=C1/CCN(Cc2ccc(Sc3ccccc3)cc2)C1=O.C=C. The van der Waals surface area contributed by atoms with Gasteiger partial charge in [-0.15, -0.1) is 13.2 Å². The van der Waals surface area contributed by atoms with Gasteiger partial charge in [0.15, 0.2) is 0 Å². The van der Waals surface area contributed by atoms with E-state index in [0.29, 0.717) is 6.54 Å². The van der Waals surface area contributed by atoms with Gasteiger partial charge in [-0.25, -0.2) is 0 Å². The highest BCUT2D eigenvalue weighted by Gasteiger charge is 2.25. The minimum Gasteiger partial charge on any atom is -0.334 e. The van der Waals surface area contributed by atoms with E-state index in [9.17, 15) is 4.79 Å². The summed E-state index contributed by atoms with van der Waals surface area (Å²) in [5, 5.41) is 0. The molecule has 2 aromatic carbocycles. The average Bonchev–Trinajstić information content (AvgIpc) is 3.04. The molecule has 1 aliphatic rings. The second-order valence-electron chi connectivity index (χ2n) is 5.75. The molecule has 3 rings (SSSR count). The Morgan fingerprint density at radius 1 is 1.04 bits per heavy atom. The van der Waals surface area contributed by atoms with Gasteiger partial charge < -0.3 is 4.90 Å². The van der Waals surface area contributed by atoms with Crippen LogP contribution in [0.3, 0.4) is 0 Å². The smallest absolute Gasteiger partial charge is 0.250 e. The molecule has 0 aliphatic carbocycles. The highest BCUT2D eigenvalue weighted by Crippen LogP contribution is 2.28. The quantitative estimate of drug-likeness (QED) is 0.489. The molecule has 1 saturated heterocycles. The summed E-state index contributed by atoms with van der Waals surface area (Å²) >= 11 is 1.75. The van der Waals surface area contributed by atoms with Crippen molar-refractivity contribution < 1.29 is 4.79 Å². The maximum absolute atomic E-state index is 12.3. The lowest BCUT2D eigenvalue weighted by molar-refractivity contribution is -0.125. The molecule has 0 spiro atoms. The maximum atomic E-state index is 12.3. The van der Waals surface area contributed by atoms with Crippen LogP contribution in [0, 0.1) is 0 Å². The van der Waals surface area contributed by atoms with Crippen LogP contribution in [0.1, 0.15) is 18.9 Å². The number of rotatable bonds is 5. The summed E-state index contributed by atoms with van der Waals surface area (Å²) in [6.07, 6.45) is 6.66. The van der Waals surface area contributed by atoms with Crippen LogP contribution in [0.15, 0.2) is 101 Å². The van der Waals surface area contributed by atoms with E-state index in [0.717, 1.165) is 18.5 Å². The molecule has 0 radical (unpaired) electrons. The maximum Gasteiger partial charge on any atom is 0.250 e. The molecule has 2 nitrogen and oxygen atoms in total. The number of carbonyl (C=O) groups is 1. The molecule has 1 fully saturated rings. The number of benzene rings is 2. The van der Waals surface area contributed by atoms with Gasteiger partial charge in [0.2, 0.25) is 5.91 Å². The highest BCUT2D eigenvalue weighted by atomic mass is 32.2. The van der Waals surface area contributed by atoms with Gasteiger partial charge in [0, 0.05) is 28.5 Å². The molecule has 26 heavy (non-hydrogen) atoms. The fourth-order valence-corrected chi connectivity index (χ4v) is 3.53. The summed E-state index contributed by atoms with van der Waals surface area (Å²) in [6, 6.07) is 18.8. The third kappa shape index (κ3) is 5.50. The van der Waals surface area contributed by atoms with Crippen molar-refractivity contribution in [3.05, 3.63) is 97.1 Å². The average molecular weight is 364 g/mol. The first kappa shape index (κ1) is 19.8. The fourth-order valence-electron chi connectivity index (χ4n) is 2.69. The lowest BCUT2D eigenvalue weighted by Crippen LogP contribution is -2.24. The Kier molecular flexibility index (Phi) is 7.97. The predicted molar refractivity (Wildman–Crippen MR) is 111 cm³/mol. The van der Waals surface area contributed by atoms with Gasteiger partial charge in [0.05, 0.1) is 0 Å². The number of hydrogen-bond donors (Lipinski definition) is 0.